The molecule has 4 rings (SSSR count). The molecule has 0 aromatic heterocycles. The summed E-state index contributed by atoms with van der Waals surface area (Å²) in [5.74, 6) is 1.04. The fourth-order valence-corrected chi connectivity index (χ4v) is 2.04. The van der Waals surface area contributed by atoms with E-state index in [9.17, 15) is 13.6 Å². The zero-order valence-corrected chi connectivity index (χ0v) is 15.7. The van der Waals surface area contributed by atoms with Crippen molar-refractivity contribution in [2.24, 2.45) is 0 Å². The first-order valence-electron chi connectivity index (χ1n) is 6.68. The number of aldehydes is 1. The van der Waals surface area contributed by atoms with Crippen molar-refractivity contribution in [2.45, 2.75) is 6.92 Å². The predicted octanol–water partition coefficient (Wildman–Crippen LogP) is -0.0346. The van der Waals surface area contributed by atoms with E-state index >= 15 is 0 Å². The van der Waals surface area contributed by atoms with Crippen LogP contribution >= 0.6 is 0 Å². The first-order valence-corrected chi connectivity index (χ1v) is 6.68. The second-order valence-electron chi connectivity index (χ2n) is 4.80. The van der Waals surface area contributed by atoms with Gasteiger partial charge in [0.2, 0.25) is 13.6 Å². The van der Waals surface area contributed by atoms with E-state index in [1.165, 1.54) is 12.1 Å². The molecule has 0 aliphatic carbocycles. The summed E-state index contributed by atoms with van der Waals surface area (Å²) in [6.45, 7) is 1.96. The largest absolute Gasteiger partial charge is 1.00 e. The van der Waals surface area contributed by atoms with E-state index in [0.717, 1.165) is 6.07 Å². The summed E-state index contributed by atoms with van der Waals surface area (Å²) in [7, 11) is 0. The van der Waals surface area contributed by atoms with Crippen LogP contribution in [-0.4, -0.2) is 28.3 Å². The van der Waals surface area contributed by atoms with Crippen LogP contribution in [0.3, 0.4) is 0 Å². The van der Waals surface area contributed by atoms with Crippen LogP contribution in [0.4, 0.5) is 8.78 Å². The number of carbonyl (C=O) groups is 1. The van der Waals surface area contributed by atoms with E-state index < -0.39 is 5.82 Å². The van der Waals surface area contributed by atoms with Gasteiger partial charge in [-0.2, -0.15) is 0 Å². The molecule has 125 valence electrons. The third-order valence-electron chi connectivity index (χ3n) is 3.27. The molecule has 25 heavy (non-hydrogen) atoms. The Hall–Kier alpha value is -1.77. The van der Waals surface area contributed by atoms with Gasteiger partial charge in [0.1, 0.15) is 11.6 Å². The molecular formula is C16H13BF2NaO5. The third kappa shape index (κ3) is 4.65. The number of rotatable bonds is 1. The Kier molecular flexibility index (Phi) is 7.73. The second kappa shape index (κ2) is 9.08. The molecule has 2 heterocycles. The summed E-state index contributed by atoms with van der Waals surface area (Å²) in [5.41, 5.74) is 0.563. The fourth-order valence-electron chi connectivity index (χ4n) is 2.04. The Bertz CT molecular complexity index is 750. The maximum absolute atomic E-state index is 12.9. The molecule has 2 aromatic rings. The SMILES string of the molecule is Cc1cc2c(cc1F)OCO2.O=Cc1cc2c(cc1F)OCO2.[B].[H-].[Na+]. The van der Waals surface area contributed by atoms with Crippen LogP contribution in [0.15, 0.2) is 24.3 Å². The molecule has 3 radical (unpaired) electrons. The smallest absolute Gasteiger partial charge is 1.00 e. The molecule has 9 heteroatoms. The van der Waals surface area contributed by atoms with E-state index in [-0.39, 0.29) is 64.4 Å². The van der Waals surface area contributed by atoms with Crippen molar-refractivity contribution in [3.05, 3.63) is 47.0 Å². The maximum Gasteiger partial charge on any atom is 1.00 e. The van der Waals surface area contributed by atoms with Gasteiger partial charge in [0.05, 0.1) is 5.56 Å². The number of hydrogen-bond donors (Lipinski definition) is 0. The van der Waals surface area contributed by atoms with Crippen LogP contribution in [0.1, 0.15) is 17.3 Å². The first-order chi connectivity index (χ1) is 11.1. The van der Waals surface area contributed by atoms with Crippen LogP contribution in [0, 0.1) is 18.6 Å². The zero-order valence-electron chi connectivity index (χ0n) is 14.7. The monoisotopic (exact) mass is 357 g/mol. The minimum absolute atomic E-state index is 0. The standard InChI is InChI=1S/C8H5FO3.C8H7FO2.B.Na.H/c9-6-2-8-7(11-4-12-8)1-5(6)3-10;1-5-2-7-8(3-6(5)9)11-4-10-7;;;/h1-3H,4H2;2-3H,4H2,1H3;;;/q;;;+1;-1. The Labute approximate surface area is 168 Å². The van der Waals surface area contributed by atoms with Gasteiger partial charge < -0.3 is 20.4 Å². The average Bonchev–Trinajstić information content (AvgIpc) is 3.16. The molecule has 0 N–H and O–H groups in total. The van der Waals surface area contributed by atoms with E-state index in [1.807, 2.05) is 0 Å². The van der Waals surface area contributed by atoms with Gasteiger partial charge in [-0.25, -0.2) is 8.78 Å². The van der Waals surface area contributed by atoms with Gasteiger partial charge in [-0.3, -0.25) is 4.79 Å². The van der Waals surface area contributed by atoms with Crippen molar-refractivity contribution < 1.29 is 63.5 Å². The Balaban J connectivity index is 0.000000432. The molecule has 0 saturated carbocycles. The average molecular weight is 357 g/mol. The number of carbonyl (C=O) groups excluding carboxylic acids is 1. The minimum atomic E-state index is -0.589. The maximum atomic E-state index is 12.9. The van der Waals surface area contributed by atoms with Crippen LogP contribution < -0.4 is 48.5 Å². The van der Waals surface area contributed by atoms with E-state index in [4.69, 9.17) is 18.9 Å². The Morgan fingerprint density at radius 2 is 1.32 bits per heavy atom. The predicted molar refractivity (Wildman–Crippen MR) is 82.0 cm³/mol. The molecule has 0 unspecified atom stereocenters. The molecule has 2 aromatic carbocycles. The summed E-state index contributed by atoms with van der Waals surface area (Å²) < 4.78 is 45.6. The fraction of sp³-hybridized carbons (Fsp3) is 0.188. The molecule has 2 aliphatic rings. The number of hydrogen-bond acceptors (Lipinski definition) is 5. The van der Waals surface area contributed by atoms with Crippen molar-refractivity contribution >= 4 is 14.7 Å². The number of fused-ring (bicyclic) bond motifs is 2. The molecule has 0 fully saturated rings. The van der Waals surface area contributed by atoms with Crippen LogP contribution in [0.2, 0.25) is 0 Å². The Morgan fingerprint density at radius 1 is 0.880 bits per heavy atom. The van der Waals surface area contributed by atoms with Gasteiger partial charge in [0, 0.05) is 20.5 Å². The summed E-state index contributed by atoms with van der Waals surface area (Å²) in [5, 5.41) is 0. The number of halogens is 2. The molecule has 0 bridgehead atoms. The molecule has 0 spiro atoms. The van der Waals surface area contributed by atoms with Crippen molar-refractivity contribution in [3.63, 3.8) is 0 Å². The number of aryl methyl sites for hydroxylation is 1. The zero-order chi connectivity index (χ0) is 16.4. The van der Waals surface area contributed by atoms with E-state index in [2.05, 4.69) is 0 Å². The minimum Gasteiger partial charge on any atom is -1.00 e. The number of ether oxygens (including phenoxy) is 4. The van der Waals surface area contributed by atoms with Crippen molar-refractivity contribution in [1.29, 1.82) is 0 Å². The van der Waals surface area contributed by atoms with Crippen molar-refractivity contribution in [1.82, 2.24) is 0 Å². The van der Waals surface area contributed by atoms with Crippen LogP contribution in [0.5, 0.6) is 23.0 Å². The topological polar surface area (TPSA) is 54.0 Å². The summed E-state index contributed by atoms with van der Waals surface area (Å²) >= 11 is 0. The molecular weight excluding hydrogens is 344 g/mol. The van der Waals surface area contributed by atoms with Gasteiger partial charge in [0.25, 0.3) is 0 Å². The molecule has 2 aliphatic heterocycles. The van der Waals surface area contributed by atoms with E-state index in [1.54, 1.807) is 13.0 Å². The first kappa shape index (κ1) is 21.3. The summed E-state index contributed by atoms with van der Waals surface area (Å²) in [4.78, 5) is 10.3. The van der Waals surface area contributed by atoms with Gasteiger partial charge in [-0.1, -0.05) is 0 Å². The van der Waals surface area contributed by atoms with Gasteiger partial charge >= 0.3 is 29.6 Å². The number of benzene rings is 2. The van der Waals surface area contributed by atoms with Crippen molar-refractivity contribution in [3.8, 4) is 23.0 Å². The van der Waals surface area contributed by atoms with Gasteiger partial charge in [0.15, 0.2) is 29.3 Å². The quantitative estimate of drug-likeness (QED) is 0.530. The molecule has 5 nitrogen and oxygen atoms in total. The molecule has 0 amide bonds. The van der Waals surface area contributed by atoms with Crippen molar-refractivity contribution in [2.75, 3.05) is 13.6 Å². The summed E-state index contributed by atoms with van der Waals surface area (Å²) in [6.07, 6.45) is 0.442. The molecule has 0 atom stereocenters. The third-order valence-corrected chi connectivity index (χ3v) is 3.27. The Morgan fingerprint density at radius 3 is 1.84 bits per heavy atom. The normalized spacial score (nSPS) is 12.3. The van der Waals surface area contributed by atoms with E-state index in [0.29, 0.717) is 34.8 Å². The summed E-state index contributed by atoms with van der Waals surface area (Å²) in [6, 6.07) is 5.45. The van der Waals surface area contributed by atoms with Crippen LogP contribution in [-0.2, 0) is 0 Å². The van der Waals surface area contributed by atoms with Crippen LogP contribution in [0.25, 0.3) is 0 Å². The molecule has 0 saturated heterocycles. The second-order valence-corrected chi connectivity index (χ2v) is 4.80. The van der Waals surface area contributed by atoms with Gasteiger partial charge in [-0.15, -0.1) is 0 Å². The van der Waals surface area contributed by atoms with Gasteiger partial charge in [-0.05, 0) is 24.6 Å².